The first kappa shape index (κ1) is 16.5. The molecule has 0 radical (unpaired) electrons. The van der Waals surface area contributed by atoms with Gasteiger partial charge in [-0.05, 0) is 29.2 Å². The number of ether oxygens (including phenoxy) is 1. The third-order valence-electron chi connectivity index (χ3n) is 4.30. The van der Waals surface area contributed by atoms with Crippen LogP contribution in [0.3, 0.4) is 0 Å². The van der Waals surface area contributed by atoms with Crippen LogP contribution in [0.15, 0.2) is 48.7 Å². The molecule has 4 nitrogen and oxygen atoms in total. The number of amides is 1. The number of nitrogens with zero attached hydrogens (tertiary/aromatic N) is 2. The van der Waals surface area contributed by atoms with Gasteiger partial charge in [0.05, 0.1) is 6.54 Å². The van der Waals surface area contributed by atoms with E-state index in [0.717, 1.165) is 12.2 Å². The van der Waals surface area contributed by atoms with Gasteiger partial charge in [0.25, 0.3) is 5.91 Å². The number of benzene rings is 1. The van der Waals surface area contributed by atoms with E-state index in [2.05, 4.69) is 31.8 Å². The Balaban J connectivity index is 1.68. The van der Waals surface area contributed by atoms with E-state index in [1.165, 1.54) is 5.56 Å². The fraction of sp³-hybridized carbons (Fsp3) is 0.400. The lowest BCUT2D eigenvalue weighted by Gasteiger charge is -2.24. The lowest BCUT2D eigenvalue weighted by atomic mass is 9.86. The Kier molecular flexibility index (Phi) is 4.56. The largest absolute Gasteiger partial charge is 0.488 e. The van der Waals surface area contributed by atoms with Crippen molar-refractivity contribution in [3.63, 3.8) is 0 Å². The van der Waals surface area contributed by atoms with Crippen LogP contribution in [0.25, 0.3) is 0 Å². The average Bonchev–Trinajstić information content (AvgIpc) is 3.03. The van der Waals surface area contributed by atoms with Crippen molar-refractivity contribution in [1.82, 2.24) is 9.88 Å². The van der Waals surface area contributed by atoms with Crippen LogP contribution < -0.4 is 4.74 Å². The molecule has 4 heteroatoms. The topological polar surface area (TPSA) is 42.4 Å². The molecule has 24 heavy (non-hydrogen) atoms. The molecule has 1 aromatic heterocycles. The van der Waals surface area contributed by atoms with Crippen molar-refractivity contribution < 1.29 is 9.53 Å². The molecule has 1 unspecified atom stereocenters. The summed E-state index contributed by atoms with van der Waals surface area (Å²) in [5.74, 6) is 0.896. The highest BCUT2D eigenvalue weighted by molar-refractivity contribution is 5.92. The quantitative estimate of drug-likeness (QED) is 0.865. The van der Waals surface area contributed by atoms with Crippen LogP contribution in [0.4, 0.5) is 0 Å². The normalized spacial score (nSPS) is 17.8. The van der Waals surface area contributed by atoms with Crippen molar-refractivity contribution >= 4 is 5.91 Å². The standard InChI is InChI=1S/C20H24N2O2/c1-20(2,3)16-8-4-5-10-18(16)24-15-11-13-22(14-15)19(23)17-9-6-7-12-21-17/h4-10,12,15H,11,13-14H2,1-3H3. The van der Waals surface area contributed by atoms with Crippen molar-refractivity contribution in [3.8, 4) is 5.75 Å². The SMILES string of the molecule is CC(C)(C)c1ccccc1OC1CCN(C(=O)c2ccccn2)C1. The van der Waals surface area contributed by atoms with Crippen molar-refractivity contribution in [1.29, 1.82) is 0 Å². The van der Waals surface area contributed by atoms with E-state index >= 15 is 0 Å². The molecule has 1 saturated heterocycles. The van der Waals surface area contributed by atoms with Crippen molar-refractivity contribution in [2.75, 3.05) is 13.1 Å². The molecule has 0 spiro atoms. The van der Waals surface area contributed by atoms with Crippen molar-refractivity contribution in [3.05, 3.63) is 59.9 Å². The van der Waals surface area contributed by atoms with E-state index in [0.29, 0.717) is 18.8 Å². The van der Waals surface area contributed by atoms with Gasteiger partial charge in [-0.15, -0.1) is 0 Å². The molecule has 0 N–H and O–H groups in total. The van der Waals surface area contributed by atoms with Gasteiger partial charge in [-0.25, -0.2) is 0 Å². The first-order valence-corrected chi connectivity index (χ1v) is 8.41. The molecule has 1 amide bonds. The average molecular weight is 324 g/mol. The Morgan fingerprint density at radius 2 is 1.92 bits per heavy atom. The minimum atomic E-state index is -0.0224. The van der Waals surface area contributed by atoms with Gasteiger partial charge >= 0.3 is 0 Å². The number of carbonyl (C=O) groups excluding carboxylic acids is 1. The number of pyridine rings is 1. The lowest BCUT2D eigenvalue weighted by molar-refractivity contribution is 0.0766. The Labute approximate surface area is 143 Å². The number of aromatic nitrogens is 1. The van der Waals surface area contributed by atoms with Crippen LogP contribution in [-0.2, 0) is 5.41 Å². The summed E-state index contributed by atoms with van der Waals surface area (Å²) >= 11 is 0. The zero-order valence-corrected chi connectivity index (χ0v) is 14.5. The predicted octanol–water partition coefficient (Wildman–Crippen LogP) is 3.67. The summed E-state index contributed by atoms with van der Waals surface area (Å²) in [6.07, 6.45) is 2.52. The van der Waals surface area contributed by atoms with Gasteiger partial charge < -0.3 is 9.64 Å². The van der Waals surface area contributed by atoms with Crippen LogP contribution in [-0.4, -0.2) is 35.0 Å². The molecule has 0 bridgehead atoms. The van der Waals surface area contributed by atoms with E-state index in [1.54, 1.807) is 12.3 Å². The number of rotatable bonds is 3. The van der Waals surface area contributed by atoms with Gasteiger partial charge in [-0.2, -0.15) is 0 Å². The molecular weight excluding hydrogens is 300 g/mol. The first-order chi connectivity index (χ1) is 11.4. The summed E-state index contributed by atoms with van der Waals surface area (Å²) in [5, 5.41) is 0. The number of likely N-dealkylation sites (tertiary alicyclic amines) is 1. The van der Waals surface area contributed by atoms with E-state index < -0.39 is 0 Å². The summed E-state index contributed by atoms with van der Waals surface area (Å²) in [6.45, 7) is 7.86. The van der Waals surface area contributed by atoms with Gasteiger partial charge in [-0.3, -0.25) is 9.78 Å². The molecule has 0 aliphatic carbocycles. The van der Waals surface area contributed by atoms with E-state index in [9.17, 15) is 4.79 Å². The van der Waals surface area contributed by atoms with Gasteiger partial charge in [0, 0.05) is 19.2 Å². The summed E-state index contributed by atoms with van der Waals surface area (Å²) in [4.78, 5) is 18.5. The Hall–Kier alpha value is -2.36. The highest BCUT2D eigenvalue weighted by Crippen LogP contribution is 2.32. The zero-order chi connectivity index (χ0) is 17.2. The Bertz CT molecular complexity index is 707. The zero-order valence-electron chi connectivity index (χ0n) is 14.5. The van der Waals surface area contributed by atoms with Gasteiger partial charge in [-0.1, -0.05) is 45.0 Å². The second-order valence-corrected chi connectivity index (χ2v) is 7.24. The molecule has 2 heterocycles. The fourth-order valence-corrected chi connectivity index (χ4v) is 3.03. The van der Waals surface area contributed by atoms with Crippen LogP contribution in [0.5, 0.6) is 5.75 Å². The van der Waals surface area contributed by atoms with Gasteiger partial charge in [0.1, 0.15) is 17.5 Å². The molecule has 1 fully saturated rings. The van der Waals surface area contributed by atoms with Crippen molar-refractivity contribution in [2.45, 2.75) is 38.7 Å². The molecule has 1 aliphatic rings. The molecule has 1 atom stereocenters. The maximum Gasteiger partial charge on any atom is 0.272 e. The number of hydrogen-bond donors (Lipinski definition) is 0. The highest BCUT2D eigenvalue weighted by atomic mass is 16.5. The second-order valence-electron chi connectivity index (χ2n) is 7.24. The molecule has 0 saturated carbocycles. The minimum absolute atomic E-state index is 0.0224. The van der Waals surface area contributed by atoms with Gasteiger partial charge in [0.15, 0.2) is 0 Å². The van der Waals surface area contributed by atoms with Crippen LogP contribution in [0, 0.1) is 0 Å². The molecule has 1 aromatic carbocycles. The number of hydrogen-bond acceptors (Lipinski definition) is 3. The Morgan fingerprint density at radius 1 is 1.17 bits per heavy atom. The van der Waals surface area contributed by atoms with Crippen LogP contribution >= 0.6 is 0 Å². The molecule has 1 aliphatic heterocycles. The molecule has 3 rings (SSSR count). The van der Waals surface area contributed by atoms with Crippen LogP contribution in [0.1, 0.15) is 43.2 Å². The third kappa shape index (κ3) is 3.58. The summed E-state index contributed by atoms with van der Waals surface area (Å²) in [6, 6.07) is 13.6. The fourth-order valence-electron chi connectivity index (χ4n) is 3.03. The number of para-hydroxylation sites is 1. The van der Waals surface area contributed by atoms with Crippen molar-refractivity contribution in [2.24, 2.45) is 0 Å². The third-order valence-corrected chi connectivity index (χ3v) is 4.30. The van der Waals surface area contributed by atoms with E-state index in [1.807, 2.05) is 35.2 Å². The summed E-state index contributed by atoms with van der Waals surface area (Å²) < 4.78 is 6.23. The summed E-state index contributed by atoms with van der Waals surface area (Å²) in [5.41, 5.74) is 1.71. The predicted molar refractivity (Wildman–Crippen MR) is 94.3 cm³/mol. The van der Waals surface area contributed by atoms with Gasteiger partial charge in [0.2, 0.25) is 0 Å². The lowest BCUT2D eigenvalue weighted by Crippen LogP contribution is -2.31. The van der Waals surface area contributed by atoms with E-state index in [-0.39, 0.29) is 17.4 Å². The highest BCUT2D eigenvalue weighted by Gasteiger charge is 2.30. The second kappa shape index (κ2) is 6.63. The first-order valence-electron chi connectivity index (χ1n) is 8.41. The minimum Gasteiger partial charge on any atom is -0.488 e. The maximum atomic E-state index is 12.5. The molecular formula is C20H24N2O2. The maximum absolute atomic E-state index is 12.5. The summed E-state index contributed by atoms with van der Waals surface area (Å²) in [7, 11) is 0. The Morgan fingerprint density at radius 3 is 2.62 bits per heavy atom. The van der Waals surface area contributed by atoms with E-state index in [4.69, 9.17) is 4.74 Å². The van der Waals surface area contributed by atoms with Crippen LogP contribution in [0.2, 0.25) is 0 Å². The smallest absolute Gasteiger partial charge is 0.272 e. The number of carbonyl (C=O) groups is 1. The molecule has 126 valence electrons. The molecule has 2 aromatic rings. The monoisotopic (exact) mass is 324 g/mol.